The molecule has 0 saturated carbocycles. The van der Waals surface area contributed by atoms with Crippen molar-refractivity contribution >= 4 is 33.2 Å². The van der Waals surface area contributed by atoms with Gasteiger partial charge in [-0.05, 0) is 66.4 Å². The number of amides is 2. The summed E-state index contributed by atoms with van der Waals surface area (Å²) in [6, 6.07) is 15.3. The molecule has 1 saturated heterocycles. The Hall–Kier alpha value is -3.12. The van der Waals surface area contributed by atoms with E-state index in [-0.39, 0.29) is 24.4 Å². The number of allylic oxidation sites excluding steroid dienone is 1. The molecule has 1 aliphatic heterocycles. The first-order valence-electron chi connectivity index (χ1n) is 10.8. The summed E-state index contributed by atoms with van der Waals surface area (Å²) in [6.45, 7) is 7.20. The number of nitrogens with zero attached hydrogens (tertiary/aromatic N) is 2. The lowest BCUT2D eigenvalue weighted by molar-refractivity contribution is -0.139. The molecule has 2 aromatic carbocycles. The number of methoxy groups -OCH3 is 1. The molecular formula is C26H28N2O3S. The van der Waals surface area contributed by atoms with Gasteiger partial charge in [0.05, 0.1) is 13.2 Å². The molecule has 3 aromatic rings. The van der Waals surface area contributed by atoms with Gasteiger partial charge in [-0.2, -0.15) is 0 Å². The Kier molecular flexibility index (Phi) is 6.61. The number of piperazine rings is 1. The van der Waals surface area contributed by atoms with Gasteiger partial charge in [-0.3, -0.25) is 9.59 Å². The number of benzene rings is 2. The van der Waals surface area contributed by atoms with Crippen LogP contribution in [0.2, 0.25) is 0 Å². The van der Waals surface area contributed by atoms with Gasteiger partial charge in [0.2, 0.25) is 5.91 Å². The summed E-state index contributed by atoms with van der Waals surface area (Å²) in [4.78, 5) is 30.0. The first-order chi connectivity index (χ1) is 15.5. The normalized spacial score (nSPS) is 16.4. The fourth-order valence-corrected chi connectivity index (χ4v) is 5.12. The molecule has 0 spiro atoms. The zero-order chi connectivity index (χ0) is 22.7. The lowest BCUT2D eigenvalue weighted by Gasteiger charge is -2.41. The van der Waals surface area contributed by atoms with Crippen LogP contribution in [0, 0.1) is 0 Å². The van der Waals surface area contributed by atoms with Crippen LogP contribution in [0.5, 0.6) is 5.75 Å². The maximum Gasteiger partial charge on any atom is 0.254 e. The predicted octanol–water partition coefficient (Wildman–Crippen LogP) is 5.12. The highest BCUT2D eigenvalue weighted by molar-refractivity contribution is 7.17. The van der Waals surface area contributed by atoms with Crippen LogP contribution in [-0.2, 0) is 11.3 Å². The first-order valence-corrected chi connectivity index (χ1v) is 11.7. The van der Waals surface area contributed by atoms with Crippen LogP contribution in [0.25, 0.3) is 10.1 Å². The number of rotatable bonds is 7. The number of ether oxygens (including phenoxy) is 1. The molecule has 0 unspecified atom stereocenters. The molecule has 4 rings (SSSR count). The molecular weight excluding hydrogens is 420 g/mol. The fourth-order valence-electron chi connectivity index (χ4n) is 4.16. The zero-order valence-electron chi connectivity index (χ0n) is 18.5. The minimum atomic E-state index is -0.123. The second-order valence-corrected chi connectivity index (χ2v) is 9.25. The van der Waals surface area contributed by atoms with E-state index in [4.69, 9.17) is 4.74 Å². The molecule has 1 aliphatic rings. The van der Waals surface area contributed by atoms with Crippen molar-refractivity contribution in [3.8, 4) is 5.75 Å². The Bertz CT molecular complexity index is 1140. The highest BCUT2D eigenvalue weighted by Gasteiger charge is 2.35. The van der Waals surface area contributed by atoms with E-state index in [0.29, 0.717) is 24.4 Å². The molecule has 0 radical (unpaired) electrons. The smallest absolute Gasteiger partial charge is 0.254 e. The largest absolute Gasteiger partial charge is 0.497 e. The SMILES string of the molecule is C=C(C)CC[C@H]1CN(C(=O)c2ccc(OC)cc2)CC(=O)N1Cc1csc2ccccc12. The van der Waals surface area contributed by atoms with E-state index in [0.717, 1.165) is 24.0 Å². The van der Waals surface area contributed by atoms with E-state index in [1.165, 1.54) is 10.1 Å². The molecule has 6 heteroatoms. The summed E-state index contributed by atoms with van der Waals surface area (Å²) < 4.78 is 6.41. The average Bonchev–Trinajstić information content (AvgIpc) is 3.21. The van der Waals surface area contributed by atoms with Crippen LogP contribution in [-0.4, -0.2) is 47.9 Å². The molecule has 1 atom stereocenters. The molecule has 1 fully saturated rings. The number of fused-ring (bicyclic) bond motifs is 1. The van der Waals surface area contributed by atoms with E-state index in [1.54, 1.807) is 47.6 Å². The molecule has 2 heterocycles. The maximum atomic E-state index is 13.3. The average molecular weight is 449 g/mol. The van der Waals surface area contributed by atoms with E-state index < -0.39 is 0 Å². The van der Waals surface area contributed by atoms with Gasteiger partial charge >= 0.3 is 0 Å². The quantitative estimate of drug-likeness (QED) is 0.472. The fraction of sp³-hybridized carbons (Fsp3) is 0.308. The number of carbonyl (C=O) groups is 2. The van der Waals surface area contributed by atoms with Crippen molar-refractivity contribution in [1.82, 2.24) is 9.80 Å². The standard InChI is InChI=1S/C26H28N2O3S/c1-18(2)8-11-21-15-27(26(30)19-9-12-22(31-3)13-10-19)16-25(29)28(21)14-20-17-32-24-7-5-4-6-23(20)24/h4-7,9-10,12-13,17,21H,1,8,11,14-16H2,2-3H3/t21-/m0/s1. The lowest BCUT2D eigenvalue weighted by atomic mass is 10.0. The van der Waals surface area contributed by atoms with Gasteiger partial charge in [-0.15, -0.1) is 17.9 Å². The van der Waals surface area contributed by atoms with Crippen molar-refractivity contribution in [1.29, 1.82) is 0 Å². The second kappa shape index (κ2) is 9.57. The van der Waals surface area contributed by atoms with Crippen LogP contribution in [0.1, 0.15) is 35.7 Å². The topological polar surface area (TPSA) is 49.9 Å². The summed E-state index contributed by atoms with van der Waals surface area (Å²) in [7, 11) is 1.59. The molecule has 5 nitrogen and oxygen atoms in total. The van der Waals surface area contributed by atoms with E-state index in [2.05, 4.69) is 24.1 Å². The van der Waals surface area contributed by atoms with Crippen LogP contribution in [0.4, 0.5) is 0 Å². The van der Waals surface area contributed by atoms with Crippen molar-refractivity contribution in [2.75, 3.05) is 20.2 Å². The molecule has 1 aromatic heterocycles. The van der Waals surface area contributed by atoms with Gasteiger partial charge in [-0.25, -0.2) is 0 Å². The van der Waals surface area contributed by atoms with Crippen molar-refractivity contribution in [2.45, 2.75) is 32.4 Å². The monoisotopic (exact) mass is 448 g/mol. The second-order valence-electron chi connectivity index (χ2n) is 8.34. The summed E-state index contributed by atoms with van der Waals surface area (Å²) in [5.41, 5.74) is 2.81. The first kappa shape index (κ1) is 22.1. The molecule has 0 aliphatic carbocycles. The highest BCUT2D eigenvalue weighted by atomic mass is 32.1. The van der Waals surface area contributed by atoms with Crippen LogP contribution in [0.15, 0.2) is 66.1 Å². The summed E-state index contributed by atoms with van der Waals surface area (Å²) >= 11 is 1.70. The number of carbonyl (C=O) groups excluding carboxylic acids is 2. The Morgan fingerprint density at radius 3 is 2.66 bits per heavy atom. The van der Waals surface area contributed by atoms with Crippen molar-refractivity contribution in [2.24, 2.45) is 0 Å². The third kappa shape index (κ3) is 4.70. The Labute approximate surface area is 192 Å². The van der Waals surface area contributed by atoms with Gasteiger partial charge in [-0.1, -0.05) is 23.8 Å². The predicted molar refractivity (Wildman–Crippen MR) is 129 cm³/mol. The minimum Gasteiger partial charge on any atom is -0.497 e. The Morgan fingerprint density at radius 1 is 1.19 bits per heavy atom. The number of thiophene rings is 1. The van der Waals surface area contributed by atoms with Gasteiger partial charge in [0.25, 0.3) is 5.91 Å². The van der Waals surface area contributed by atoms with Crippen molar-refractivity contribution in [3.63, 3.8) is 0 Å². The Morgan fingerprint density at radius 2 is 1.94 bits per heavy atom. The van der Waals surface area contributed by atoms with E-state index in [1.807, 2.05) is 24.0 Å². The van der Waals surface area contributed by atoms with E-state index >= 15 is 0 Å². The number of hydrogen-bond donors (Lipinski definition) is 0. The van der Waals surface area contributed by atoms with Crippen molar-refractivity contribution in [3.05, 3.63) is 77.2 Å². The summed E-state index contributed by atoms with van der Waals surface area (Å²) in [6.07, 6.45) is 1.61. The van der Waals surface area contributed by atoms with Crippen LogP contribution in [0.3, 0.4) is 0 Å². The third-order valence-corrected chi connectivity index (χ3v) is 6.96. The van der Waals surface area contributed by atoms with Crippen molar-refractivity contribution < 1.29 is 14.3 Å². The zero-order valence-corrected chi connectivity index (χ0v) is 19.4. The highest BCUT2D eigenvalue weighted by Crippen LogP contribution is 2.29. The Balaban J connectivity index is 1.55. The minimum absolute atomic E-state index is 0.0138. The van der Waals surface area contributed by atoms with Gasteiger partial charge in [0.15, 0.2) is 0 Å². The molecule has 2 amide bonds. The van der Waals surface area contributed by atoms with Gasteiger partial charge < -0.3 is 14.5 Å². The lowest BCUT2D eigenvalue weighted by Crippen LogP contribution is -2.57. The summed E-state index contributed by atoms with van der Waals surface area (Å²) in [5, 5.41) is 3.34. The van der Waals surface area contributed by atoms with Crippen LogP contribution >= 0.6 is 11.3 Å². The van der Waals surface area contributed by atoms with Crippen LogP contribution < -0.4 is 4.74 Å². The van der Waals surface area contributed by atoms with Gasteiger partial charge in [0.1, 0.15) is 12.3 Å². The molecule has 0 bridgehead atoms. The number of hydrogen-bond acceptors (Lipinski definition) is 4. The summed E-state index contributed by atoms with van der Waals surface area (Å²) in [5.74, 6) is 0.562. The maximum absolute atomic E-state index is 13.3. The van der Waals surface area contributed by atoms with Gasteiger partial charge in [0, 0.05) is 23.4 Å². The third-order valence-electron chi connectivity index (χ3n) is 5.95. The molecule has 166 valence electrons. The van der Waals surface area contributed by atoms with E-state index in [9.17, 15) is 9.59 Å². The molecule has 32 heavy (non-hydrogen) atoms. The molecule has 0 N–H and O–H groups in total.